The standard InChI is InChI=1S/C17H16N4O2S/c1-11-3-4-13(9-12(11)2)16(23)10-24-17-18-19-20-21(17)14-5-7-15(22)8-6-14/h3-9,22H,10H2,1-2H3. The van der Waals surface area contributed by atoms with Crippen LogP contribution in [0.1, 0.15) is 21.5 Å². The van der Waals surface area contributed by atoms with E-state index in [9.17, 15) is 9.90 Å². The van der Waals surface area contributed by atoms with Crippen molar-refractivity contribution in [1.29, 1.82) is 0 Å². The number of rotatable bonds is 5. The number of phenols is 1. The number of aromatic hydroxyl groups is 1. The minimum atomic E-state index is 0.0309. The fraction of sp³-hybridized carbons (Fsp3) is 0.176. The van der Waals surface area contributed by atoms with Gasteiger partial charge < -0.3 is 5.11 Å². The van der Waals surface area contributed by atoms with Crippen molar-refractivity contribution in [2.75, 3.05) is 5.75 Å². The molecule has 3 aromatic rings. The molecule has 1 heterocycles. The number of aromatic nitrogens is 4. The molecule has 6 nitrogen and oxygen atoms in total. The number of thioether (sulfide) groups is 1. The number of phenolic OH excluding ortho intramolecular Hbond substituents is 1. The van der Waals surface area contributed by atoms with E-state index in [0.29, 0.717) is 10.7 Å². The number of nitrogens with zero attached hydrogens (tertiary/aromatic N) is 4. The van der Waals surface area contributed by atoms with Gasteiger partial charge in [0.2, 0.25) is 5.16 Å². The first-order valence-electron chi connectivity index (χ1n) is 7.35. The van der Waals surface area contributed by atoms with Crippen LogP contribution in [0.4, 0.5) is 0 Å². The van der Waals surface area contributed by atoms with Crippen LogP contribution in [0.25, 0.3) is 5.69 Å². The van der Waals surface area contributed by atoms with Gasteiger partial charge in [-0.15, -0.1) is 5.10 Å². The van der Waals surface area contributed by atoms with Gasteiger partial charge >= 0.3 is 0 Å². The lowest BCUT2D eigenvalue weighted by Crippen LogP contribution is -2.05. The molecule has 0 unspecified atom stereocenters. The number of carbonyl (C=O) groups excluding carboxylic acids is 1. The summed E-state index contributed by atoms with van der Waals surface area (Å²) in [6.45, 7) is 4.01. The van der Waals surface area contributed by atoms with Crippen LogP contribution in [-0.2, 0) is 0 Å². The molecule has 0 aliphatic carbocycles. The summed E-state index contributed by atoms with van der Waals surface area (Å²) in [6, 6.07) is 12.2. The molecule has 0 atom stereocenters. The summed E-state index contributed by atoms with van der Waals surface area (Å²) in [5, 5.41) is 21.4. The van der Waals surface area contributed by atoms with Crippen molar-refractivity contribution in [2.24, 2.45) is 0 Å². The summed E-state index contributed by atoms with van der Waals surface area (Å²) in [5.41, 5.74) is 3.67. The van der Waals surface area contributed by atoms with Crippen LogP contribution in [0.2, 0.25) is 0 Å². The first-order chi connectivity index (χ1) is 11.5. The van der Waals surface area contributed by atoms with Crippen molar-refractivity contribution in [3.05, 3.63) is 59.2 Å². The van der Waals surface area contributed by atoms with Crippen LogP contribution in [0, 0.1) is 13.8 Å². The molecule has 24 heavy (non-hydrogen) atoms. The van der Waals surface area contributed by atoms with E-state index in [-0.39, 0.29) is 17.3 Å². The number of aryl methyl sites for hydroxylation is 2. The average Bonchev–Trinajstić information content (AvgIpc) is 3.04. The molecular weight excluding hydrogens is 324 g/mol. The van der Waals surface area contributed by atoms with Crippen LogP contribution in [-0.4, -0.2) is 36.8 Å². The van der Waals surface area contributed by atoms with E-state index in [0.717, 1.165) is 16.8 Å². The van der Waals surface area contributed by atoms with Gasteiger partial charge in [-0.3, -0.25) is 4.79 Å². The molecule has 0 saturated carbocycles. The van der Waals surface area contributed by atoms with Gasteiger partial charge in [0.05, 0.1) is 11.4 Å². The normalized spacial score (nSPS) is 10.8. The van der Waals surface area contributed by atoms with Crippen LogP contribution in [0.3, 0.4) is 0 Å². The van der Waals surface area contributed by atoms with Gasteiger partial charge in [0.15, 0.2) is 5.78 Å². The lowest BCUT2D eigenvalue weighted by Gasteiger charge is -2.06. The summed E-state index contributed by atoms with van der Waals surface area (Å²) >= 11 is 1.28. The number of hydrogen-bond acceptors (Lipinski definition) is 6. The lowest BCUT2D eigenvalue weighted by molar-refractivity contribution is 0.102. The molecule has 0 fully saturated rings. The van der Waals surface area contributed by atoms with Crippen LogP contribution in [0.15, 0.2) is 47.6 Å². The fourth-order valence-electron chi connectivity index (χ4n) is 2.15. The van der Waals surface area contributed by atoms with Crippen LogP contribution >= 0.6 is 11.8 Å². The fourth-order valence-corrected chi connectivity index (χ4v) is 2.94. The smallest absolute Gasteiger partial charge is 0.214 e. The molecule has 0 spiro atoms. The zero-order valence-electron chi connectivity index (χ0n) is 13.3. The summed E-state index contributed by atoms with van der Waals surface area (Å²) in [5.74, 6) is 0.454. The Morgan fingerprint density at radius 2 is 1.88 bits per heavy atom. The highest BCUT2D eigenvalue weighted by atomic mass is 32.2. The third-order valence-electron chi connectivity index (χ3n) is 3.70. The van der Waals surface area contributed by atoms with Gasteiger partial charge in [-0.2, -0.15) is 4.68 Å². The van der Waals surface area contributed by atoms with Crippen molar-refractivity contribution >= 4 is 17.5 Å². The molecule has 0 radical (unpaired) electrons. The highest BCUT2D eigenvalue weighted by Crippen LogP contribution is 2.21. The van der Waals surface area contributed by atoms with Gasteiger partial charge in [0.1, 0.15) is 5.75 Å². The Kier molecular flexibility index (Phi) is 4.61. The van der Waals surface area contributed by atoms with Crippen molar-refractivity contribution in [3.63, 3.8) is 0 Å². The summed E-state index contributed by atoms with van der Waals surface area (Å²) in [6.07, 6.45) is 0. The maximum Gasteiger partial charge on any atom is 0.214 e. The van der Waals surface area contributed by atoms with Gasteiger partial charge in [0.25, 0.3) is 0 Å². The second-order valence-corrected chi connectivity index (χ2v) is 6.34. The highest BCUT2D eigenvalue weighted by Gasteiger charge is 2.13. The van der Waals surface area contributed by atoms with E-state index >= 15 is 0 Å². The predicted molar refractivity (Wildman–Crippen MR) is 91.8 cm³/mol. The van der Waals surface area contributed by atoms with E-state index in [1.54, 1.807) is 24.3 Å². The Hall–Kier alpha value is -2.67. The average molecular weight is 340 g/mol. The molecule has 0 bridgehead atoms. The first kappa shape index (κ1) is 16.2. The quantitative estimate of drug-likeness (QED) is 0.568. The summed E-state index contributed by atoms with van der Waals surface area (Å²) < 4.78 is 1.54. The maximum absolute atomic E-state index is 12.4. The minimum absolute atomic E-state index is 0.0309. The first-order valence-corrected chi connectivity index (χ1v) is 8.34. The molecule has 0 aliphatic rings. The highest BCUT2D eigenvalue weighted by molar-refractivity contribution is 7.99. The molecule has 0 amide bonds. The SMILES string of the molecule is Cc1ccc(C(=O)CSc2nnnn2-c2ccc(O)cc2)cc1C. The Morgan fingerprint density at radius 1 is 1.12 bits per heavy atom. The minimum Gasteiger partial charge on any atom is -0.508 e. The predicted octanol–water partition coefficient (Wildman–Crippen LogP) is 2.96. The Labute approximate surface area is 143 Å². The topological polar surface area (TPSA) is 80.9 Å². The van der Waals surface area contributed by atoms with E-state index in [2.05, 4.69) is 15.5 Å². The number of tetrazole rings is 1. The molecule has 3 rings (SSSR count). The molecule has 122 valence electrons. The van der Waals surface area contributed by atoms with E-state index in [1.807, 2.05) is 32.0 Å². The van der Waals surface area contributed by atoms with Gasteiger partial charge in [-0.25, -0.2) is 0 Å². The van der Waals surface area contributed by atoms with E-state index in [1.165, 1.54) is 16.4 Å². The number of benzene rings is 2. The van der Waals surface area contributed by atoms with E-state index in [4.69, 9.17) is 0 Å². The Balaban J connectivity index is 1.73. The second kappa shape index (κ2) is 6.84. The molecular formula is C17H16N4O2S. The number of carbonyl (C=O) groups is 1. The van der Waals surface area contributed by atoms with Crippen molar-refractivity contribution < 1.29 is 9.90 Å². The van der Waals surface area contributed by atoms with Gasteiger partial charge in [-0.1, -0.05) is 23.9 Å². The summed E-state index contributed by atoms with van der Waals surface area (Å²) in [4.78, 5) is 12.4. The number of Topliss-reactive ketones (excluding diaryl/α,β-unsaturated/α-hetero) is 1. The molecule has 1 N–H and O–H groups in total. The monoisotopic (exact) mass is 340 g/mol. The molecule has 2 aromatic carbocycles. The zero-order valence-corrected chi connectivity index (χ0v) is 14.1. The lowest BCUT2D eigenvalue weighted by atomic mass is 10.0. The van der Waals surface area contributed by atoms with Gasteiger partial charge in [-0.05, 0) is 65.7 Å². The molecule has 7 heteroatoms. The largest absolute Gasteiger partial charge is 0.508 e. The Morgan fingerprint density at radius 3 is 2.58 bits per heavy atom. The third kappa shape index (κ3) is 3.46. The van der Waals surface area contributed by atoms with E-state index < -0.39 is 0 Å². The molecule has 1 aromatic heterocycles. The van der Waals surface area contributed by atoms with Gasteiger partial charge in [0, 0.05) is 5.56 Å². The van der Waals surface area contributed by atoms with Crippen LogP contribution < -0.4 is 0 Å². The zero-order chi connectivity index (χ0) is 17.1. The Bertz CT molecular complexity index is 875. The van der Waals surface area contributed by atoms with Crippen molar-refractivity contribution in [1.82, 2.24) is 20.2 Å². The number of hydrogen-bond donors (Lipinski definition) is 1. The molecule has 0 aliphatic heterocycles. The molecule has 0 saturated heterocycles. The summed E-state index contributed by atoms with van der Waals surface area (Å²) in [7, 11) is 0. The van der Waals surface area contributed by atoms with Crippen LogP contribution in [0.5, 0.6) is 5.75 Å². The number of ketones is 1. The maximum atomic E-state index is 12.4. The third-order valence-corrected chi connectivity index (χ3v) is 4.62. The van der Waals surface area contributed by atoms with Crippen molar-refractivity contribution in [3.8, 4) is 11.4 Å². The second-order valence-electron chi connectivity index (χ2n) is 5.40. The van der Waals surface area contributed by atoms with Crippen molar-refractivity contribution in [2.45, 2.75) is 19.0 Å².